The van der Waals surface area contributed by atoms with Crippen molar-refractivity contribution in [1.29, 1.82) is 0 Å². The van der Waals surface area contributed by atoms with Crippen molar-refractivity contribution in [1.82, 2.24) is 0 Å². The van der Waals surface area contributed by atoms with Gasteiger partial charge in [0, 0.05) is 12.7 Å². The van der Waals surface area contributed by atoms with Gasteiger partial charge in [-0.25, -0.2) is 0 Å². The number of rotatable bonds is 7. The van der Waals surface area contributed by atoms with E-state index in [4.69, 9.17) is 18.9 Å². The number of hydrogen-bond donors (Lipinski definition) is 2. The van der Waals surface area contributed by atoms with E-state index in [-0.39, 0.29) is 18.3 Å². The molecule has 27 heavy (non-hydrogen) atoms. The Morgan fingerprint density at radius 3 is 2.52 bits per heavy atom. The molecule has 3 rings (SSSR count). The average molecular weight is 372 g/mol. The lowest BCUT2D eigenvalue weighted by Gasteiger charge is -2.18. The second-order valence-corrected chi connectivity index (χ2v) is 6.26. The van der Waals surface area contributed by atoms with Gasteiger partial charge in [0.2, 0.25) is 0 Å². The predicted molar refractivity (Wildman–Crippen MR) is 102 cm³/mol. The molecule has 0 saturated heterocycles. The predicted octanol–water partition coefficient (Wildman–Crippen LogP) is 3.28. The smallest absolute Gasteiger partial charge is 0.165 e. The van der Waals surface area contributed by atoms with Gasteiger partial charge in [-0.3, -0.25) is 0 Å². The van der Waals surface area contributed by atoms with Crippen molar-refractivity contribution in [2.24, 2.45) is 0 Å². The molecule has 144 valence electrons. The standard InChI is InChI=1S/C21H24O6/c1-24-8-4-5-13-9-15-16(12-22)20(27-21(15)19(10-13)26-3)14-6-7-17(23)18(11-14)25-2/h4-7,9-11,16,20,22-23H,8,12H2,1-3H3/b5-4+/t16-,20+/m0/s1. The van der Waals surface area contributed by atoms with E-state index in [0.717, 1.165) is 16.7 Å². The van der Waals surface area contributed by atoms with Crippen LogP contribution in [0.15, 0.2) is 36.4 Å². The quantitative estimate of drug-likeness (QED) is 0.777. The van der Waals surface area contributed by atoms with Crippen LogP contribution in [0.5, 0.6) is 23.0 Å². The fourth-order valence-corrected chi connectivity index (χ4v) is 3.31. The molecule has 0 aromatic heterocycles. The number of methoxy groups -OCH3 is 3. The van der Waals surface area contributed by atoms with E-state index in [1.54, 1.807) is 32.4 Å². The second kappa shape index (κ2) is 8.33. The highest BCUT2D eigenvalue weighted by atomic mass is 16.5. The summed E-state index contributed by atoms with van der Waals surface area (Å²) in [5.74, 6) is 1.38. The number of fused-ring (bicyclic) bond motifs is 1. The first kappa shape index (κ1) is 19.1. The van der Waals surface area contributed by atoms with E-state index in [1.807, 2.05) is 24.3 Å². The molecule has 0 fully saturated rings. The van der Waals surface area contributed by atoms with E-state index in [1.165, 1.54) is 7.11 Å². The number of aliphatic hydroxyl groups is 1. The van der Waals surface area contributed by atoms with E-state index in [9.17, 15) is 10.2 Å². The van der Waals surface area contributed by atoms with E-state index in [0.29, 0.717) is 23.9 Å². The molecule has 2 aromatic carbocycles. The molecule has 6 heteroatoms. The van der Waals surface area contributed by atoms with Crippen LogP contribution in [0.2, 0.25) is 0 Å². The lowest BCUT2D eigenvalue weighted by atomic mass is 9.90. The fourth-order valence-electron chi connectivity index (χ4n) is 3.31. The minimum Gasteiger partial charge on any atom is -0.504 e. The molecule has 1 aliphatic heterocycles. The Labute approximate surface area is 158 Å². The van der Waals surface area contributed by atoms with Gasteiger partial charge in [0.05, 0.1) is 33.4 Å². The fraction of sp³-hybridized carbons (Fsp3) is 0.333. The number of phenolic OH excluding ortho intramolecular Hbond substituents is 1. The molecule has 2 aromatic rings. The molecule has 0 unspecified atom stereocenters. The molecule has 0 spiro atoms. The lowest BCUT2D eigenvalue weighted by molar-refractivity contribution is 0.157. The average Bonchev–Trinajstić information content (AvgIpc) is 3.06. The number of phenols is 1. The Morgan fingerprint density at radius 2 is 1.85 bits per heavy atom. The highest BCUT2D eigenvalue weighted by molar-refractivity contribution is 5.62. The summed E-state index contributed by atoms with van der Waals surface area (Å²) in [4.78, 5) is 0. The molecule has 0 radical (unpaired) electrons. The summed E-state index contributed by atoms with van der Waals surface area (Å²) >= 11 is 0. The van der Waals surface area contributed by atoms with E-state index < -0.39 is 6.10 Å². The topological polar surface area (TPSA) is 77.4 Å². The van der Waals surface area contributed by atoms with Crippen molar-refractivity contribution in [3.63, 3.8) is 0 Å². The third-order valence-corrected chi connectivity index (χ3v) is 4.64. The van der Waals surface area contributed by atoms with Crippen LogP contribution in [-0.4, -0.2) is 44.8 Å². The first-order valence-electron chi connectivity index (χ1n) is 8.64. The molecule has 2 N–H and O–H groups in total. The van der Waals surface area contributed by atoms with Crippen molar-refractivity contribution in [3.05, 3.63) is 53.1 Å². The number of aromatic hydroxyl groups is 1. The van der Waals surface area contributed by atoms with Gasteiger partial charge in [0.1, 0.15) is 6.10 Å². The van der Waals surface area contributed by atoms with Crippen LogP contribution < -0.4 is 14.2 Å². The summed E-state index contributed by atoms with van der Waals surface area (Å²) < 4.78 is 21.9. The minimum absolute atomic E-state index is 0.0560. The van der Waals surface area contributed by atoms with Gasteiger partial charge in [-0.2, -0.15) is 0 Å². The van der Waals surface area contributed by atoms with Crippen molar-refractivity contribution in [2.75, 3.05) is 34.5 Å². The molecule has 2 atom stereocenters. The van der Waals surface area contributed by atoms with Crippen LogP contribution in [0.4, 0.5) is 0 Å². The highest BCUT2D eigenvalue weighted by Gasteiger charge is 2.37. The molecule has 6 nitrogen and oxygen atoms in total. The number of benzene rings is 2. The van der Waals surface area contributed by atoms with Crippen molar-refractivity contribution in [2.45, 2.75) is 12.0 Å². The van der Waals surface area contributed by atoms with E-state index in [2.05, 4.69) is 0 Å². The molecule has 0 saturated carbocycles. The van der Waals surface area contributed by atoms with Crippen LogP contribution in [0, 0.1) is 0 Å². The summed E-state index contributed by atoms with van der Waals surface area (Å²) in [6.45, 7) is 0.421. The lowest BCUT2D eigenvalue weighted by Crippen LogP contribution is -2.13. The molecule has 1 aliphatic rings. The Hall–Kier alpha value is -2.70. The molecule has 1 heterocycles. The third-order valence-electron chi connectivity index (χ3n) is 4.64. The van der Waals surface area contributed by atoms with Gasteiger partial charge in [-0.15, -0.1) is 0 Å². The zero-order valence-electron chi connectivity index (χ0n) is 15.6. The minimum atomic E-state index is -0.411. The van der Waals surface area contributed by atoms with Crippen LogP contribution in [0.1, 0.15) is 28.7 Å². The summed E-state index contributed by atoms with van der Waals surface area (Å²) in [6, 6.07) is 8.93. The van der Waals surface area contributed by atoms with Crippen molar-refractivity contribution in [3.8, 4) is 23.0 Å². The summed E-state index contributed by atoms with van der Waals surface area (Å²) in [5.41, 5.74) is 2.62. The maximum Gasteiger partial charge on any atom is 0.165 e. The van der Waals surface area contributed by atoms with Crippen LogP contribution in [0.25, 0.3) is 6.08 Å². The van der Waals surface area contributed by atoms with Gasteiger partial charge < -0.3 is 29.2 Å². The zero-order chi connectivity index (χ0) is 19.4. The maximum atomic E-state index is 10.1. The Balaban J connectivity index is 2.01. The van der Waals surface area contributed by atoms with Crippen molar-refractivity contribution >= 4 is 6.08 Å². The summed E-state index contributed by atoms with van der Waals surface area (Å²) in [5, 5.41) is 19.9. The van der Waals surface area contributed by atoms with Gasteiger partial charge in [-0.05, 0) is 35.4 Å². The van der Waals surface area contributed by atoms with Crippen molar-refractivity contribution < 1.29 is 29.2 Å². The van der Waals surface area contributed by atoms with E-state index >= 15 is 0 Å². The molecule has 0 bridgehead atoms. The van der Waals surface area contributed by atoms with Gasteiger partial charge in [0.15, 0.2) is 23.0 Å². The third kappa shape index (κ3) is 3.72. The van der Waals surface area contributed by atoms with Crippen LogP contribution in [0.3, 0.4) is 0 Å². The maximum absolute atomic E-state index is 10.1. The zero-order valence-corrected chi connectivity index (χ0v) is 15.6. The normalized spacial score (nSPS) is 18.4. The number of ether oxygens (including phenoxy) is 4. The molecular formula is C21H24O6. The number of hydrogen-bond acceptors (Lipinski definition) is 6. The van der Waals surface area contributed by atoms with Crippen LogP contribution >= 0.6 is 0 Å². The Morgan fingerprint density at radius 1 is 1.07 bits per heavy atom. The first-order chi connectivity index (χ1) is 13.1. The van der Waals surface area contributed by atoms with Gasteiger partial charge in [0.25, 0.3) is 0 Å². The Kier molecular flexibility index (Phi) is 5.88. The molecular weight excluding hydrogens is 348 g/mol. The monoisotopic (exact) mass is 372 g/mol. The van der Waals surface area contributed by atoms with Crippen LogP contribution in [-0.2, 0) is 4.74 Å². The molecule has 0 aliphatic carbocycles. The Bertz CT molecular complexity index is 830. The second-order valence-electron chi connectivity index (χ2n) is 6.26. The summed E-state index contributed by atoms with van der Waals surface area (Å²) in [6.07, 6.45) is 3.44. The highest BCUT2D eigenvalue weighted by Crippen LogP contribution is 2.51. The van der Waals surface area contributed by atoms with Gasteiger partial charge in [-0.1, -0.05) is 18.2 Å². The summed E-state index contributed by atoms with van der Waals surface area (Å²) in [7, 11) is 4.72. The van der Waals surface area contributed by atoms with Gasteiger partial charge >= 0.3 is 0 Å². The number of aliphatic hydroxyl groups excluding tert-OH is 1. The first-order valence-corrected chi connectivity index (χ1v) is 8.64. The molecule has 0 amide bonds. The largest absolute Gasteiger partial charge is 0.504 e. The SMILES string of the molecule is COC/C=C/c1cc(OC)c2c(c1)[C@H](CO)[C@@H](c1ccc(O)c(OC)c1)O2.